The molecule has 6 nitrogen and oxygen atoms in total. The number of carbonyl (C=O) groups is 1. The lowest BCUT2D eigenvalue weighted by Crippen LogP contribution is -2.20. The van der Waals surface area contributed by atoms with Crippen LogP contribution in [0.3, 0.4) is 0 Å². The van der Waals surface area contributed by atoms with Crippen molar-refractivity contribution in [2.75, 3.05) is 21.3 Å². The van der Waals surface area contributed by atoms with E-state index in [0.29, 0.717) is 23.8 Å². The molecule has 1 N–H and O–H groups in total. The number of aromatic nitrogens is 1. The van der Waals surface area contributed by atoms with Gasteiger partial charge in [-0.1, -0.05) is 20.8 Å². The molecule has 0 saturated carbocycles. The molecule has 146 valence electrons. The van der Waals surface area contributed by atoms with Crippen molar-refractivity contribution in [1.82, 2.24) is 10.3 Å². The highest BCUT2D eigenvalue weighted by atomic mass is 32.1. The Balaban J connectivity index is 2.03. The van der Waals surface area contributed by atoms with Crippen LogP contribution in [0.5, 0.6) is 17.2 Å². The first-order valence-corrected chi connectivity index (χ1v) is 9.37. The predicted molar refractivity (Wildman–Crippen MR) is 108 cm³/mol. The van der Waals surface area contributed by atoms with Crippen molar-refractivity contribution >= 4 is 23.3 Å². The number of nitrogens with one attached hydrogen (secondary N) is 1. The van der Waals surface area contributed by atoms with Gasteiger partial charge in [-0.05, 0) is 23.8 Å². The van der Waals surface area contributed by atoms with Gasteiger partial charge in [0.1, 0.15) is 5.01 Å². The van der Waals surface area contributed by atoms with E-state index in [2.05, 4.69) is 31.1 Å². The van der Waals surface area contributed by atoms with Gasteiger partial charge in [-0.3, -0.25) is 4.79 Å². The molecule has 0 bridgehead atoms. The molecule has 2 rings (SSSR count). The van der Waals surface area contributed by atoms with Crippen molar-refractivity contribution in [1.29, 1.82) is 0 Å². The van der Waals surface area contributed by atoms with Crippen molar-refractivity contribution in [3.05, 3.63) is 39.9 Å². The first-order chi connectivity index (χ1) is 12.8. The third-order valence-corrected chi connectivity index (χ3v) is 4.70. The van der Waals surface area contributed by atoms with Gasteiger partial charge in [-0.25, -0.2) is 4.98 Å². The van der Waals surface area contributed by atoms with Gasteiger partial charge in [0.05, 0.1) is 33.6 Å². The van der Waals surface area contributed by atoms with E-state index in [1.165, 1.54) is 6.08 Å². The van der Waals surface area contributed by atoms with Crippen LogP contribution in [0.25, 0.3) is 6.08 Å². The number of hydrogen-bond donors (Lipinski definition) is 1. The zero-order valence-electron chi connectivity index (χ0n) is 16.6. The first kappa shape index (κ1) is 20.8. The molecule has 1 aromatic carbocycles. The van der Waals surface area contributed by atoms with Crippen LogP contribution >= 0.6 is 11.3 Å². The Morgan fingerprint density at radius 1 is 1.15 bits per heavy atom. The Morgan fingerprint density at radius 2 is 1.78 bits per heavy atom. The van der Waals surface area contributed by atoms with Gasteiger partial charge < -0.3 is 19.5 Å². The van der Waals surface area contributed by atoms with Crippen LogP contribution in [0.4, 0.5) is 0 Å². The van der Waals surface area contributed by atoms with E-state index in [-0.39, 0.29) is 11.3 Å². The van der Waals surface area contributed by atoms with Gasteiger partial charge in [0.25, 0.3) is 0 Å². The van der Waals surface area contributed by atoms with E-state index in [0.717, 1.165) is 16.3 Å². The minimum atomic E-state index is -0.198. The highest BCUT2D eigenvalue weighted by molar-refractivity contribution is 7.09. The SMILES string of the molecule is COc1cc(C=CC(=O)NCc2nc(C(C)(C)C)cs2)cc(OC)c1OC. The average Bonchev–Trinajstić information content (AvgIpc) is 3.13. The highest BCUT2D eigenvalue weighted by Crippen LogP contribution is 2.38. The number of rotatable bonds is 7. The van der Waals surface area contributed by atoms with Crippen molar-refractivity contribution in [2.24, 2.45) is 0 Å². The third kappa shape index (κ3) is 5.47. The Bertz CT molecular complexity index is 797. The molecule has 0 atom stereocenters. The zero-order valence-corrected chi connectivity index (χ0v) is 17.4. The summed E-state index contributed by atoms with van der Waals surface area (Å²) in [6.45, 7) is 6.75. The smallest absolute Gasteiger partial charge is 0.244 e. The zero-order chi connectivity index (χ0) is 20.0. The maximum atomic E-state index is 12.1. The largest absolute Gasteiger partial charge is 0.493 e. The van der Waals surface area contributed by atoms with E-state index in [1.807, 2.05) is 5.38 Å². The molecule has 0 spiro atoms. The fraction of sp³-hybridized carbons (Fsp3) is 0.400. The monoisotopic (exact) mass is 390 g/mol. The minimum absolute atomic E-state index is 0.00510. The normalized spacial score (nSPS) is 11.5. The molecular weight excluding hydrogens is 364 g/mol. The standard InChI is InChI=1S/C20H26N2O4S/c1-20(2,3)16-12-27-18(22-16)11-21-17(23)8-7-13-9-14(24-4)19(26-6)15(10-13)25-5/h7-10,12H,11H2,1-6H3,(H,21,23). The van der Waals surface area contributed by atoms with Gasteiger partial charge in [0, 0.05) is 16.9 Å². The van der Waals surface area contributed by atoms with Crippen LogP contribution in [-0.2, 0) is 16.8 Å². The number of nitrogens with zero attached hydrogens (tertiary/aromatic N) is 1. The van der Waals surface area contributed by atoms with Crippen LogP contribution < -0.4 is 19.5 Å². The molecule has 0 radical (unpaired) electrons. The van der Waals surface area contributed by atoms with Gasteiger partial charge in [-0.2, -0.15) is 0 Å². The number of ether oxygens (including phenoxy) is 3. The number of hydrogen-bond acceptors (Lipinski definition) is 6. The topological polar surface area (TPSA) is 69.7 Å². The van der Waals surface area contributed by atoms with Crippen molar-refractivity contribution in [2.45, 2.75) is 32.7 Å². The van der Waals surface area contributed by atoms with E-state index < -0.39 is 0 Å². The van der Waals surface area contributed by atoms with Crippen LogP contribution in [0.1, 0.15) is 37.0 Å². The van der Waals surface area contributed by atoms with E-state index in [4.69, 9.17) is 14.2 Å². The molecule has 0 unspecified atom stereocenters. The van der Waals surface area contributed by atoms with E-state index in [9.17, 15) is 4.79 Å². The summed E-state index contributed by atoms with van der Waals surface area (Å²) in [5, 5.41) is 5.77. The predicted octanol–water partition coefficient (Wildman–Crippen LogP) is 3.80. The van der Waals surface area contributed by atoms with Crippen LogP contribution in [0.2, 0.25) is 0 Å². The Kier molecular flexibility index (Phi) is 6.85. The van der Waals surface area contributed by atoms with Crippen LogP contribution in [0.15, 0.2) is 23.6 Å². The lowest BCUT2D eigenvalue weighted by Gasteiger charge is -2.14. The number of carbonyl (C=O) groups excluding carboxylic acids is 1. The molecule has 0 aliphatic heterocycles. The van der Waals surface area contributed by atoms with Crippen molar-refractivity contribution in [3.63, 3.8) is 0 Å². The summed E-state index contributed by atoms with van der Waals surface area (Å²) in [7, 11) is 4.65. The van der Waals surface area contributed by atoms with Gasteiger partial charge >= 0.3 is 0 Å². The highest BCUT2D eigenvalue weighted by Gasteiger charge is 2.17. The quantitative estimate of drug-likeness (QED) is 0.729. The summed E-state index contributed by atoms with van der Waals surface area (Å²) in [6.07, 6.45) is 3.17. The molecule has 0 fully saturated rings. The Hall–Kier alpha value is -2.54. The molecule has 2 aromatic rings. The molecule has 0 aliphatic rings. The molecule has 27 heavy (non-hydrogen) atoms. The molecule has 0 aliphatic carbocycles. The number of methoxy groups -OCH3 is 3. The lowest BCUT2D eigenvalue weighted by molar-refractivity contribution is -0.116. The molecule has 0 saturated heterocycles. The number of thiazole rings is 1. The van der Waals surface area contributed by atoms with Crippen molar-refractivity contribution < 1.29 is 19.0 Å². The third-order valence-electron chi connectivity index (χ3n) is 3.85. The van der Waals surface area contributed by atoms with Gasteiger partial charge in [-0.15, -0.1) is 11.3 Å². The number of benzene rings is 1. The molecule has 1 aromatic heterocycles. The van der Waals surface area contributed by atoms with E-state index >= 15 is 0 Å². The second-order valence-corrected chi connectivity index (χ2v) is 7.83. The number of amides is 1. The van der Waals surface area contributed by atoms with E-state index in [1.54, 1.807) is 50.9 Å². The average molecular weight is 391 g/mol. The van der Waals surface area contributed by atoms with Crippen LogP contribution in [-0.4, -0.2) is 32.2 Å². The second-order valence-electron chi connectivity index (χ2n) is 6.89. The Morgan fingerprint density at radius 3 is 2.26 bits per heavy atom. The second kappa shape index (κ2) is 8.90. The fourth-order valence-electron chi connectivity index (χ4n) is 2.33. The summed E-state index contributed by atoms with van der Waals surface area (Å²) in [5.74, 6) is 1.39. The summed E-state index contributed by atoms with van der Waals surface area (Å²) < 4.78 is 15.9. The summed E-state index contributed by atoms with van der Waals surface area (Å²) in [5.41, 5.74) is 1.80. The Labute approximate surface area is 164 Å². The van der Waals surface area contributed by atoms with Crippen LogP contribution in [0, 0.1) is 0 Å². The molecule has 1 amide bonds. The molecule has 1 heterocycles. The first-order valence-electron chi connectivity index (χ1n) is 8.49. The lowest BCUT2D eigenvalue weighted by atomic mass is 9.93. The van der Waals surface area contributed by atoms with Gasteiger partial charge in [0.15, 0.2) is 11.5 Å². The maximum absolute atomic E-state index is 12.1. The summed E-state index contributed by atoms with van der Waals surface area (Å²) >= 11 is 1.55. The molecule has 7 heteroatoms. The minimum Gasteiger partial charge on any atom is -0.493 e. The fourth-order valence-corrected chi connectivity index (χ4v) is 3.29. The summed E-state index contributed by atoms with van der Waals surface area (Å²) in [6, 6.07) is 3.56. The maximum Gasteiger partial charge on any atom is 0.244 e. The summed E-state index contributed by atoms with van der Waals surface area (Å²) in [4.78, 5) is 16.7. The van der Waals surface area contributed by atoms with Crippen molar-refractivity contribution in [3.8, 4) is 17.2 Å². The molecular formula is C20H26N2O4S. The van der Waals surface area contributed by atoms with Gasteiger partial charge in [0.2, 0.25) is 11.7 Å².